The van der Waals surface area contributed by atoms with Gasteiger partial charge in [-0.25, -0.2) is 14.9 Å². The van der Waals surface area contributed by atoms with Crippen molar-refractivity contribution in [2.45, 2.75) is 26.4 Å². The molecular weight excluding hydrogens is 201 g/mol. The quantitative estimate of drug-likeness (QED) is 0.602. The Balaban J connectivity index is 0. The topological polar surface area (TPSA) is 64.6 Å². The minimum atomic E-state index is -0.829. The third-order valence-corrected chi connectivity index (χ3v) is 0.788. The second-order valence-corrected chi connectivity index (χ2v) is 3.12. The number of nitrogens with one attached hydrogen (secondary N) is 1. The maximum atomic E-state index is 10.8. The average Bonchev–Trinajstić information content (AvgIpc) is 1.82. The number of amides is 2. The Kier molecular flexibility index (Phi) is 8.25. The number of carbonyl (C=O) groups excluding carboxylic acids is 2. The molecule has 0 spiro atoms. The standard InChI is InChI=1S/C7H13NO4.K.H/c1-7(2,3)12-6(10)8-5(9)11-4;;/h1-4H3,(H,8,9,10);;. The third kappa shape index (κ3) is 10.3. The fraction of sp³-hybridized carbons (Fsp3) is 0.714. The molecule has 0 heterocycles. The molecular formula is C7H14KNO4. The molecule has 0 aliphatic carbocycles. The number of imide groups is 1. The molecule has 13 heavy (non-hydrogen) atoms. The van der Waals surface area contributed by atoms with Gasteiger partial charge in [-0.2, -0.15) is 0 Å². The Bertz CT molecular complexity index is 187. The number of carbonyl (C=O) groups is 2. The predicted molar refractivity (Wildman–Crippen MR) is 48.9 cm³/mol. The normalized spacial score (nSPS) is 9.54. The molecule has 0 aliphatic rings. The van der Waals surface area contributed by atoms with E-state index < -0.39 is 17.8 Å². The van der Waals surface area contributed by atoms with Gasteiger partial charge in [0.25, 0.3) is 0 Å². The molecule has 1 N–H and O–H groups in total. The molecule has 0 aromatic carbocycles. The Morgan fingerprint density at radius 2 is 1.62 bits per heavy atom. The van der Waals surface area contributed by atoms with Gasteiger partial charge >= 0.3 is 63.6 Å². The van der Waals surface area contributed by atoms with Gasteiger partial charge < -0.3 is 9.47 Å². The van der Waals surface area contributed by atoms with Gasteiger partial charge in [-0.1, -0.05) is 0 Å². The zero-order valence-electron chi connectivity index (χ0n) is 7.63. The Morgan fingerprint density at radius 1 is 1.15 bits per heavy atom. The van der Waals surface area contributed by atoms with Crippen molar-refractivity contribution in [2.24, 2.45) is 0 Å². The first-order chi connectivity index (χ1) is 5.35. The van der Waals surface area contributed by atoms with Crippen LogP contribution >= 0.6 is 0 Å². The molecule has 72 valence electrons. The van der Waals surface area contributed by atoms with E-state index in [1.54, 1.807) is 20.8 Å². The Hall–Kier alpha value is 0.376. The first-order valence-corrected chi connectivity index (χ1v) is 3.43. The average molecular weight is 215 g/mol. The van der Waals surface area contributed by atoms with Crippen LogP contribution in [0.4, 0.5) is 9.59 Å². The number of alkyl carbamates (subject to hydrolysis) is 2. The molecule has 2 amide bonds. The SMILES string of the molecule is COC(=O)NC(=O)OC(C)(C)C.[KH]. The van der Waals surface area contributed by atoms with Crippen LogP contribution in [-0.4, -0.2) is 76.3 Å². The summed E-state index contributed by atoms with van der Waals surface area (Å²) in [7, 11) is 1.17. The van der Waals surface area contributed by atoms with Crippen LogP contribution in [0.25, 0.3) is 0 Å². The van der Waals surface area contributed by atoms with E-state index in [0.717, 1.165) is 0 Å². The minimum absolute atomic E-state index is 0. The van der Waals surface area contributed by atoms with Crippen LogP contribution in [0.5, 0.6) is 0 Å². The predicted octanol–water partition coefficient (Wildman–Crippen LogP) is 0.629. The summed E-state index contributed by atoms with van der Waals surface area (Å²) in [6, 6.07) is 0. The number of ether oxygens (including phenoxy) is 2. The molecule has 0 rings (SSSR count). The molecule has 0 fully saturated rings. The van der Waals surface area contributed by atoms with Crippen LogP contribution in [0.1, 0.15) is 20.8 Å². The van der Waals surface area contributed by atoms with E-state index >= 15 is 0 Å². The number of hydrogen-bond acceptors (Lipinski definition) is 4. The maximum absolute atomic E-state index is 10.8. The number of hydrogen-bond donors (Lipinski definition) is 1. The third-order valence-electron chi connectivity index (χ3n) is 0.788. The second kappa shape index (κ2) is 6.77. The summed E-state index contributed by atoms with van der Waals surface area (Å²) in [6.45, 7) is 5.09. The molecule has 0 bridgehead atoms. The van der Waals surface area contributed by atoms with E-state index in [4.69, 9.17) is 4.74 Å². The van der Waals surface area contributed by atoms with Crippen molar-refractivity contribution < 1.29 is 19.1 Å². The van der Waals surface area contributed by atoms with Crippen molar-refractivity contribution >= 4 is 63.6 Å². The fourth-order valence-corrected chi connectivity index (χ4v) is 0.438. The summed E-state index contributed by atoms with van der Waals surface area (Å²) in [5.41, 5.74) is -0.613. The van der Waals surface area contributed by atoms with E-state index in [0.29, 0.717) is 0 Å². The van der Waals surface area contributed by atoms with Crippen molar-refractivity contribution in [1.82, 2.24) is 5.32 Å². The van der Waals surface area contributed by atoms with Crippen LogP contribution in [0.3, 0.4) is 0 Å². The van der Waals surface area contributed by atoms with Crippen LogP contribution in [0.2, 0.25) is 0 Å². The zero-order valence-corrected chi connectivity index (χ0v) is 7.63. The van der Waals surface area contributed by atoms with Gasteiger partial charge in [0.05, 0.1) is 7.11 Å². The summed E-state index contributed by atoms with van der Waals surface area (Å²) < 4.78 is 8.94. The zero-order chi connectivity index (χ0) is 9.78. The van der Waals surface area contributed by atoms with E-state index in [2.05, 4.69) is 4.74 Å². The molecule has 0 aromatic heterocycles. The Morgan fingerprint density at radius 3 is 1.92 bits per heavy atom. The molecule has 0 saturated carbocycles. The van der Waals surface area contributed by atoms with Crippen molar-refractivity contribution in [2.75, 3.05) is 7.11 Å². The van der Waals surface area contributed by atoms with Gasteiger partial charge in [-0.15, -0.1) is 0 Å². The molecule has 5 nitrogen and oxygen atoms in total. The van der Waals surface area contributed by atoms with Gasteiger partial charge in [-0.3, -0.25) is 0 Å². The first kappa shape index (κ1) is 15.8. The van der Waals surface area contributed by atoms with E-state index in [1.807, 2.05) is 5.32 Å². The van der Waals surface area contributed by atoms with Crippen LogP contribution in [-0.2, 0) is 9.47 Å². The summed E-state index contributed by atoms with van der Waals surface area (Å²) in [6.07, 6.45) is -1.64. The van der Waals surface area contributed by atoms with Crippen molar-refractivity contribution in [3.63, 3.8) is 0 Å². The second-order valence-electron chi connectivity index (χ2n) is 3.12. The summed E-state index contributed by atoms with van der Waals surface area (Å²) in [4.78, 5) is 21.3. The van der Waals surface area contributed by atoms with Crippen LogP contribution < -0.4 is 5.32 Å². The summed E-state index contributed by atoms with van der Waals surface area (Å²) in [5.74, 6) is 0. The van der Waals surface area contributed by atoms with Crippen LogP contribution in [0, 0.1) is 0 Å². The van der Waals surface area contributed by atoms with Crippen molar-refractivity contribution in [3.05, 3.63) is 0 Å². The summed E-state index contributed by atoms with van der Waals surface area (Å²) in [5, 5.41) is 1.86. The van der Waals surface area contributed by atoms with E-state index in [9.17, 15) is 9.59 Å². The van der Waals surface area contributed by atoms with E-state index in [1.165, 1.54) is 7.11 Å². The molecule has 0 unspecified atom stereocenters. The van der Waals surface area contributed by atoms with Gasteiger partial charge in [0.1, 0.15) is 5.60 Å². The molecule has 0 saturated heterocycles. The summed E-state index contributed by atoms with van der Waals surface area (Å²) >= 11 is 0. The molecule has 0 radical (unpaired) electrons. The molecule has 0 aromatic rings. The first-order valence-electron chi connectivity index (χ1n) is 3.43. The van der Waals surface area contributed by atoms with Crippen molar-refractivity contribution in [3.8, 4) is 0 Å². The van der Waals surface area contributed by atoms with Gasteiger partial charge in [0, 0.05) is 0 Å². The number of methoxy groups -OCH3 is 1. The molecule has 0 aliphatic heterocycles. The van der Waals surface area contributed by atoms with Crippen molar-refractivity contribution in [1.29, 1.82) is 0 Å². The van der Waals surface area contributed by atoms with E-state index in [-0.39, 0.29) is 51.4 Å². The molecule has 6 heteroatoms. The monoisotopic (exact) mass is 215 g/mol. The van der Waals surface area contributed by atoms with Crippen LogP contribution in [0.15, 0.2) is 0 Å². The van der Waals surface area contributed by atoms with Gasteiger partial charge in [0.2, 0.25) is 0 Å². The molecule has 0 atom stereocenters. The Labute approximate surface area is 120 Å². The van der Waals surface area contributed by atoms with Gasteiger partial charge in [-0.05, 0) is 20.8 Å². The fourth-order valence-electron chi connectivity index (χ4n) is 0.438. The number of rotatable bonds is 0. The van der Waals surface area contributed by atoms with Gasteiger partial charge in [0.15, 0.2) is 0 Å².